The molecule has 0 spiro atoms. The maximum atomic E-state index is 9.33. The number of halogens is 1. The van der Waals surface area contributed by atoms with Crippen molar-refractivity contribution in [2.45, 2.75) is 26.2 Å². The van der Waals surface area contributed by atoms with Gasteiger partial charge in [-0.2, -0.15) is 5.26 Å². The number of nitrogens with zero attached hydrogens (tertiary/aromatic N) is 2. The van der Waals surface area contributed by atoms with Crippen LogP contribution < -0.4 is 4.74 Å². The maximum Gasteiger partial charge on any atom is 0.147 e. The lowest BCUT2D eigenvalue weighted by Crippen LogP contribution is -1.96. The standard InChI is InChI=1S/C17H17ClN2O/c1-3-4-5-13-10-15(16(11-19)17(18)20-13)12-6-8-14(21-2)9-7-12/h6-10H,3-5H2,1-2H3. The highest BCUT2D eigenvalue weighted by molar-refractivity contribution is 6.31. The van der Waals surface area contributed by atoms with Gasteiger partial charge in [0.25, 0.3) is 0 Å². The Morgan fingerprint density at radius 1 is 1.29 bits per heavy atom. The van der Waals surface area contributed by atoms with Gasteiger partial charge >= 0.3 is 0 Å². The summed E-state index contributed by atoms with van der Waals surface area (Å²) >= 11 is 6.16. The number of pyridine rings is 1. The first-order valence-corrected chi connectivity index (χ1v) is 7.31. The molecule has 0 aliphatic carbocycles. The Morgan fingerprint density at radius 2 is 2.00 bits per heavy atom. The number of methoxy groups -OCH3 is 1. The van der Waals surface area contributed by atoms with Crippen LogP contribution in [0.4, 0.5) is 0 Å². The SMILES string of the molecule is CCCCc1cc(-c2ccc(OC)cc2)c(C#N)c(Cl)n1. The molecular weight excluding hydrogens is 284 g/mol. The molecule has 0 aliphatic heterocycles. The van der Waals surface area contributed by atoms with Crippen LogP contribution in [-0.4, -0.2) is 12.1 Å². The molecule has 0 bridgehead atoms. The number of unbranched alkanes of at least 4 members (excludes halogenated alkanes) is 1. The van der Waals surface area contributed by atoms with Gasteiger partial charge in [0.2, 0.25) is 0 Å². The smallest absolute Gasteiger partial charge is 0.147 e. The van der Waals surface area contributed by atoms with Crippen LogP contribution in [0.25, 0.3) is 11.1 Å². The van der Waals surface area contributed by atoms with Crippen molar-refractivity contribution in [1.82, 2.24) is 4.98 Å². The van der Waals surface area contributed by atoms with E-state index in [-0.39, 0.29) is 5.15 Å². The molecule has 108 valence electrons. The summed E-state index contributed by atoms with van der Waals surface area (Å²) in [5.74, 6) is 0.781. The molecule has 0 aliphatic rings. The molecule has 1 aromatic carbocycles. The van der Waals surface area contributed by atoms with E-state index in [1.807, 2.05) is 30.3 Å². The zero-order valence-electron chi connectivity index (χ0n) is 12.2. The number of hydrogen-bond donors (Lipinski definition) is 0. The van der Waals surface area contributed by atoms with E-state index in [1.54, 1.807) is 7.11 Å². The van der Waals surface area contributed by atoms with E-state index < -0.39 is 0 Å². The predicted molar refractivity (Wildman–Crippen MR) is 84.6 cm³/mol. The molecule has 0 radical (unpaired) electrons. The van der Waals surface area contributed by atoms with E-state index in [2.05, 4.69) is 18.0 Å². The quantitative estimate of drug-likeness (QED) is 0.757. The molecule has 2 rings (SSSR count). The lowest BCUT2D eigenvalue weighted by atomic mass is 10.00. The monoisotopic (exact) mass is 300 g/mol. The minimum Gasteiger partial charge on any atom is -0.497 e. The average Bonchev–Trinajstić information content (AvgIpc) is 2.52. The van der Waals surface area contributed by atoms with Gasteiger partial charge in [-0.3, -0.25) is 0 Å². The molecule has 0 amide bonds. The Labute approximate surface area is 130 Å². The van der Waals surface area contributed by atoms with Gasteiger partial charge in [-0.15, -0.1) is 0 Å². The molecule has 0 fully saturated rings. The van der Waals surface area contributed by atoms with Crippen LogP contribution in [-0.2, 0) is 6.42 Å². The molecule has 1 heterocycles. The first-order chi connectivity index (χ1) is 10.2. The minimum atomic E-state index is 0.275. The molecule has 2 aromatic rings. The number of aromatic nitrogens is 1. The van der Waals surface area contributed by atoms with Gasteiger partial charge in [-0.25, -0.2) is 4.98 Å². The van der Waals surface area contributed by atoms with E-state index in [0.29, 0.717) is 5.56 Å². The summed E-state index contributed by atoms with van der Waals surface area (Å²) < 4.78 is 5.16. The van der Waals surface area contributed by atoms with Gasteiger partial charge in [0.1, 0.15) is 17.0 Å². The first-order valence-electron chi connectivity index (χ1n) is 6.93. The van der Waals surface area contributed by atoms with Crippen LogP contribution in [0.2, 0.25) is 5.15 Å². The number of benzene rings is 1. The number of ether oxygens (including phenoxy) is 1. The second-order valence-electron chi connectivity index (χ2n) is 4.77. The molecule has 21 heavy (non-hydrogen) atoms. The Hall–Kier alpha value is -2.05. The van der Waals surface area contributed by atoms with E-state index in [1.165, 1.54) is 0 Å². The summed E-state index contributed by atoms with van der Waals surface area (Å²) in [4.78, 5) is 4.32. The van der Waals surface area contributed by atoms with Crippen molar-refractivity contribution >= 4 is 11.6 Å². The molecule has 4 heteroatoms. The van der Waals surface area contributed by atoms with Gasteiger partial charge in [-0.1, -0.05) is 37.1 Å². The van der Waals surface area contributed by atoms with Crippen LogP contribution in [0.5, 0.6) is 5.75 Å². The van der Waals surface area contributed by atoms with Crippen LogP contribution in [0.3, 0.4) is 0 Å². The van der Waals surface area contributed by atoms with Crippen molar-refractivity contribution in [3.8, 4) is 22.9 Å². The Kier molecular flexibility index (Phi) is 5.19. The minimum absolute atomic E-state index is 0.275. The molecule has 0 unspecified atom stereocenters. The zero-order chi connectivity index (χ0) is 15.2. The average molecular weight is 301 g/mol. The molecular formula is C17H17ClN2O. The van der Waals surface area contributed by atoms with Crippen molar-refractivity contribution < 1.29 is 4.74 Å². The molecule has 1 aromatic heterocycles. The highest BCUT2D eigenvalue weighted by Gasteiger charge is 2.12. The van der Waals surface area contributed by atoms with Crippen LogP contribution in [0.1, 0.15) is 31.0 Å². The Bertz CT molecular complexity index is 660. The summed E-state index contributed by atoms with van der Waals surface area (Å²) in [6.07, 6.45) is 3.01. The zero-order valence-corrected chi connectivity index (χ0v) is 12.9. The summed E-state index contributed by atoms with van der Waals surface area (Å²) in [6, 6.07) is 11.7. The van der Waals surface area contributed by atoms with E-state index >= 15 is 0 Å². The highest BCUT2D eigenvalue weighted by atomic mass is 35.5. The van der Waals surface area contributed by atoms with Crippen LogP contribution >= 0.6 is 11.6 Å². The summed E-state index contributed by atoms with van der Waals surface area (Å²) in [7, 11) is 1.63. The fourth-order valence-corrected chi connectivity index (χ4v) is 2.41. The summed E-state index contributed by atoms with van der Waals surface area (Å²) in [5, 5.41) is 9.60. The molecule has 0 atom stereocenters. The van der Waals surface area contributed by atoms with E-state index in [4.69, 9.17) is 16.3 Å². The lowest BCUT2D eigenvalue weighted by Gasteiger charge is -2.09. The van der Waals surface area contributed by atoms with E-state index in [0.717, 1.165) is 41.8 Å². The fourth-order valence-electron chi connectivity index (χ4n) is 2.15. The number of rotatable bonds is 5. The molecule has 0 N–H and O–H groups in total. The number of aryl methyl sites for hydroxylation is 1. The second-order valence-corrected chi connectivity index (χ2v) is 5.13. The second kappa shape index (κ2) is 7.10. The largest absolute Gasteiger partial charge is 0.497 e. The number of hydrogen-bond acceptors (Lipinski definition) is 3. The van der Waals surface area contributed by atoms with Crippen molar-refractivity contribution in [2.24, 2.45) is 0 Å². The third-order valence-electron chi connectivity index (χ3n) is 3.33. The van der Waals surface area contributed by atoms with Gasteiger partial charge in [0.05, 0.1) is 12.7 Å². The van der Waals surface area contributed by atoms with Crippen molar-refractivity contribution in [2.75, 3.05) is 7.11 Å². The molecule has 0 saturated heterocycles. The fraction of sp³-hybridized carbons (Fsp3) is 0.294. The Balaban J connectivity index is 2.48. The predicted octanol–water partition coefficient (Wildman–Crippen LogP) is 4.62. The summed E-state index contributed by atoms with van der Waals surface area (Å²) in [6.45, 7) is 2.13. The summed E-state index contributed by atoms with van der Waals surface area (Å²) in [5.41, 5.74) is 3.11. The van der Waals surface area contributed by atoms with Gasteiger partial charge in [0, 0.05) is 11.3 Å². The van der Waals surface area contributed by atoms with E-state index in [9.17, 15) is 5.26 Å². The van der Waals surface area contributed by atoms with Crippen LogP contribution in [0, 0.1) is 11.3 Å². The van der Waals surface area contributed by atoms with Gasteiger partial charge in [-0.05, 0) is 36.6 Å². The van der Waals surface area contributed by atoms with Gasteiger partial charge < -0.3 is 4.74 Å². The maximum absolute atomic E-state index is 9.33. The molecule has 3 nitrogen and oxygen atoms in total. The topological polar surface area (TPSA) is 45.9 Å². The normalized spacial score (nSPS) is 10.2. The van der Waals surface area contributed by atoms with Crippen LogP contribution in [0.15, 0.2) is 30.3 Å². The van der Waals surface area contributed by atoms with Gasteiger partial charge in [0.15, 0.2) is 0 Å². The van der Waals surface area contributed by atoms with Crippen molar-refractivity contribution in [3.05, 3.63) is 46.7 Å². The Morgan fingerprint density at radius 3 is 2.57 bits per heavy atom. The van der Waals surface area contributed by atoms with Crippen molar-refractivity contribution in [3.63, 3.8) is 0 Å². The number of nitriles is 1. The third kappa shape index (κ3) is 3.53. The highest BCUT2D eigenvalue weighted by Crippen LogP contribution is 2.30. The lowest BCUT2D eigenvalue weighted by molar-refractivity contribution is 0.415. The first kappa shape index (κ1) is 15.3. The third-order valence-corrected chi connectivity index (χ3v) is 3.60. The molecule has 0 saturated carbocycles. The van der Waals surface area contributed by atoms with Crippen molar-refractivity contribution in [1.29, 1.82) is 5.26 Å².